The van der Waals surface area contributed by atoms with Crippen LogP contribution in [-0.2, 0) is 6.18 Å². The minimum Gasteiger partial charge on any atom is -0.496 e. The number of hydrogen-bond donors (Lipinski definition) is 1. The number of para-hydroxylation sites is 1. The molecule has 1 aromatic heterocycles. The maximum Gasteiger partial charge on any atom is 0.420 e. The molecule has 3 aromatic rings. The van der Waals surface area contributed by atoms with Crippen LogP contribution in [0.15, 0.2) is 52.1 Å². The van der Waals surface area contributed by atoms with E-state index in [1.54, 1.807) is 12.1 Å². The summed E-state index contributed by atoms with van der Waals surface area (Å²) in [4.78, 5) is 27.1. The maximum absolute atomic E-state index is 13.1. The van der Waals surface area contributed by atoms with Crippen LogP contribution < -0.4 is 16.0 Å². The predicted octanol–water partition coefficient (Wildman–Crippen LogP) is 2.71. The van der Waals surface area contributed by atoms with Gasteiger partial charge in [0, 0.05) is 0 Å². The second-order valence-electron chi connectivity index (χ2n) is 5.00. The molecule has 0 unspecified atom stereocenters. The van der Waals surface area contributed by atoms with Crippen molar-refractivity contribution in [3.8, 4) is 11.4 Å². The molecule has 24 heavy (non-hydrogen) atoms. The molecule has 0 amide bonds. The number of aromatic amines is 1. The Balaban J connectivity index is 2.33. The highest BCUT2D eigenvalue weighted by Crippen LogP contribution is 2.37. The zero-order valence-corrected chi connectivity index (χ0v) is 12.3. The van der Waals surface area contributed by atoms with E-state index in [9.17, 15) is 22.8 Å². The SMILES string of the molecule is COc1ccc(-n2c(=O)[nH]c3ccccc3c2=O)cc1C(F)(F)F. The summed E-state index contributed by atoms with van der Waals surface area (Å²) in [6, 6.07) is 9.26. The molecule has 124 valence electrons. The van der Waals surface area contributed by atoms with Crippen LogP contribution >= 0.6 is 0 Å². The van der Waals surface area contributed by atoms with Gasteiger partial charge in [0.1, 0.15) is 5.75 Å². The zero-order valence-electron chi connectivity index (χ0n) is 12.3. The van der Waals surface area contributed by atoms with Crippen LogP contribution in [0.2, 0.25) is 0 Å². The number of halogens is 3. The van der Waals surface area contributed by atoms with Gasteiger partial charge in [-0.15, -0.1) is 0 Å². The Morgan fingerprint density at radius 2 is 1.79 bits per heavy atom. The van der Waals surface area contributed by atoms with Crippen molar-refractivity contribution >= 4 is 10.9 Å². The van der Waals surface area contributed by atoms with Gasteiger partial charge in [-0.2, -0.15) is 13.2 Å². The summed E-state index contributed by atoms with van der Waals surface area (Å²) in [5.74, 6) is -0.392. The molecule has 0 fully saturated rings. The molecule has 0 saturated heterocycles. The third-order valence-corrected chi connectivity index (χ3v) is 3.55. The number of nitrogens with one attached hydrogen (secondary N) is 1. The van der Waals surface area contributed by atoms with E-state index in [1.165, 1.54) is 18.2 Å². The molecule has 1 N–H and O–H groups in total. The third-order valence-electron chi connectivity index (χ3n) is 3.55. The lowest BCUT2D eigenvalue weighted by molar-refractivity contribution is -0.138. The number of ether oxygens (including phenoxy) is 1. The highest BCUT2D eigenvalue weighted by molar-refractivity contribution is 5.77. The van der Waals surface area contributed by atoms with Crippen molar-refractivity contribution < 1.29 is 17.9 Å². The van der Waals surface area contributed by atoms with Crippen molar-refractivity contribution in [3.05, 3.63) is 68.9 Å². The maximum atomic E-state index is 13.1. The van der Waals surface area contributed by atoms with Crippen LogP contribution in [0.5, 0.6) is 5.75 Å². The molecule has 2 aromatic carbocycles. The fourth-order valence-electron chi connectivity index (χ4n) is 2.45. The molecule has 0 aliphatic carbocycles. The fourth-order valence-corrected chi connectivity index (χ4v) is 2.45. The Morgan fingerprint density at radius 1 is 1.08 bits per heavy atom. The number of methoxy groups -OCH3 is 1. The van der Waals surface area contributed by atoms with E-state index in [4.69, 9.17) is 4.74 Å². The number of H-pyrrole nitrogens is 1. The topological polar surface area (TPSA) is 64.1 Å². The molecule has 0 saturated carbocycles. The largest absolute Gasteiger partial charge is 0.496 e. The van der Waals surface area contributed by atoms with Crippen molar-refractivity contribution in [1.82, 2.24) is 9.55 Å². The standard InChI is InChI=1S/C16H11F3N2O3/c1-24-13-7-6-9(8-11(13)16(17,18)19)21-14(22)10-4-2-3-5-12(10)20-15(21)23/h2-8H,1H3,(H,20,23). The molecule has 0 spiro atoms. The summed E-state index contributed by atoms with van der Waals surface area (Å²) in [5.41, 5.74) is -2.47. The van der Waals surface area contributed by atoms with Crippen molar-refractivity contribution in [2.45, 2.75) is 6.18 Å². The number of aromatic nitrogens is 2. The Labute approximate surface area is 132 Å². The van der Waals surface area contributed by atoms with Gasteiger partial charge in [-0.05, 0) is 30.3 Å². The molecule has 0 bridgehead atoms. The first-order valence-corrected chi connectivity index (χ1v) is 6.82. The van der Waals surface area contributed by atoms with Crippen molar-refractivity contribution in [3.63, 3.8) is 0 Å². The highest BCUT2D eigenvalue weighted by Gasteiger charge is 2.34. The first kappa shape index (κ1) is 15.9. The van der Waals surface area contributed by atoms with Gasteiger partial charge in [0.05, 0.1) is 29.3 Å². The molecule has 3 rings (SSSR count). The average molecular weight is 336 g/mol. The highest BCUT2D eigenvalue weighted by atomic mass is 19.4. The van der Waals surface area contributed by atoms with E-state index in [0.717, 1.165) is 13.2 Å². The number of alkyl halides is 3. The monoisotopic (exact) mass is 336 g/mol. The molecular formula is C16H11F3N2O3. The van der Waals surface area contributed by atoms with Crippen LogP contribution in [0.1, 0.15) is 5.56 Å². The minimum atomic E-state index is -4.69. The first-order chi connectivity index (χ1) is 11.3. The normalized spacial score (nSPS) is 11.7. The lowest BCUT2D eigenvalue weighted by atomic mass is 10.1. The van der Waals surface area contributed by atoms with Crippen LogP contribution in [-0.4, -0.2) is 16.7 Å². The smallest absolute Gasteiger partial charge is 0.420 e. The second kappa shape index (κ2) is 5.55. The summed E-state index contributed by atoms with van der Waals surface area (Å²) < 4.78 is 44.8. The number of nitrogens with zero attached hydrogens (tertiary/aromatic N) is 1. The quantitative estimate of drug-likeness (QED) is 0.783. The van der Waals surface area contributed by atoms with E-state index < -0.39 is 28.7 Å². The zero-order chi connectivity index (χ0) is 17.5. The molecule has 8 heteroatoms. The van der Waals surface area contributed by atoms with Gasteiger partial charge in [0.25, 0.3) is 5.56 Å². The van der Waals surface area contributed by atoms with Gasteiger partial charge in [-0.1, -0.05) is 12.1 Å². The molecule has 5 nitrogen and oxygen atoms in total. The van der Waals surface area contributed by atoms with E-state index in [-0.39, 0.29) is 11.1 Å². The van der Waals surface area contributed by atoms with E-state index in [2.05, 4.69) is 4.98 Å². The minimum absolute atomic E-state index is 0.194. The lowest BCUT2D eigenvalue weighted by Gasteiger charge is -2.14. The van der Waals surface area contributed by atoms with E-state index in [0.29, 0.717) is 16.2 Å². The molecule has 0 aliphatic rings. The Bertz CT molecular complexity index is 1040. The molecule has 1 heterocycles. The van der Waals surface area contributed by atoms with Crippen molar-refractivity contribution in [2.75, 3.05) is 7.11 Å². The Kier molecular flexibility index (Phi) is 3.67. The Hall–Kier alpha value is -3.03. The number of fused-ring (bicyclic) bond motifs is 1. The lowest BCUT2D eigenvalue weighted by Crippen LogP contribution is -2.33. The van der Waals surface area contributed by atoms with E-state index >= 15 is 0 Å². The van der Waals surface area contributed by atoms with Gasteiger partial charge in [0.15, 0.2) is 0 Å². The molecule has 0 aliphatic heterocycles. The number of benzene rings is 2. The molecular weight excluding hydrogens is 325 g/mol. The van der Waals surface area contributed by atoms with Gasteiger partial charge in [0.2, 0.25) is 0 Å². The van der Waals surface area contributed by atoms with Crippen LogP contribution in [0.3, 0.4) is 0 Å². The van der Waals surface area contributed by atoms with Crippen molar-refractivity contribution in [2.24, 2.45) is 0 Å². The van der Waals surface area contributed by atoms with Gasteiger partial charge in [-0.25, -0.2) is 9.36 Å². The summed E-state index contributed by atoms with van der Waals surface area (Å²) in [6.45, 7) is 0. The predicted molar refractivity (Wildman–Crippen MR) is 81.7 cm³/mol. The fraction of sp³-hybridized carbons (Fsp3) is 0.125. The second-order valence-corrected chi connectivity index (χ2v) is 5.00. The summed E-state index contributed by atoms with van der Waals surface area (Å²) in [5, 5.41) is 0.196. The number of hydrogen-bond acceptors (Lipinski definition) is 3. The number of rotatable bonds is 2. The summed E-state index contributed by atoms with van der Waals surface area (Å²) >= 11 is 0. The Morgan fingerprint density at radius 3 is 2.46 bits per heavy atom. The van der Waals surface area contributed by atoms with Gasteiger partial charge >= 0.3 is 11.9 Å². The van der Waals surface area contributed by atoms with Crippen LogP contribution in [0.4, 0.5) is 13.2 Å². The van der Waals surface area contributed by atoms with Crippen LogP contribution in [0, 0.1) is 0 Å². The van der Waals surface area contributed by atoms with Gasteiger partial charge < -0.3 is 9.72 Å². The average Bonchev–Trinajstić information content (AvgIpc) is 2.54. The molecule has 0 radical (unpaired) electrons. The van der Waals surface area contributed by atoms with Gasteiger partial charge in [-0.3, -0.25) is 4.79 Å². The first-order valence-electron chi connectivity index (χ1n) is 6.82. The summed E-state index contributed by atoms with van der Waals surface area (Å²) in [6.07, 6.45) is -4.69. The summed E-state index contributed by atoms with van der Waals surface area (Å²) in [7, 11) is 1.11. The third kappa shape index (κ3) is 2.55. The van der Waals surface area contributed by atoms with Crippen LogP contribution in [0.25, 0.3) is 16.6 Å². The van der Waals surface area contributed by atoms with E-state index in [1.807, 2.05) is 0 Å². The molecule has 0 atom stereocenters. The van der Waals surface area contributed by atoms with Crippen molar-refractivity contribution in [1.29, 1.82) is 0 Å².